The summed E-state index contributed by atoms with van der Waals surface area (Å²) in [7, 11) is 0. The zero-order valence-electron chi connectivity index (χ0n) is 13.8. The highest BCUT2D eigenvalue weighted by molar-refractivity contribution is 6.06. The maximum atomic E-state index is 11.5. The minimum Gasteiger partial charge on any atom is -0.478 e. The number of rotatable bonds is 1. The van der Waals surface area contributed by atoms with Crippen LogP contribution in [0.25, 0.3) is 6.08 Å². The molecule has 0 radical (unpaired) electrons. The molecule has 4 rings (SSSR count). The van der Waals surface area contributed by atoms with Gasteiger partial charge in [-0.2, -0.15) is 0 Å². The van der Waals surface area contributed by atoms with Crippen molar-refractivity contribution in [1.82, 2.24) is 0 Å². The highest BCUT2D eigenvalue weighted by Gasteiger charge is 2.37. The molecular weight excluding hydrogens is 286 g/mol. The first-order valence-electron chi connectivity index (χ1n) is 8.20. The standard InChI is InChI=1S/C20H21NO2/c1-11-10-20(2,3)21-18-8-12-7-17-13(16(12)9-15(11)18)5-4-6-14(17)19(22)23/h4-7,16H,8-10H2,1-3H3,(H,22,23). The molecule has 1 aromatic rings. The molecule has 1 saturated carbocycles. The van der Waals surface area contributed by atoms with Gasteiger partial charge in [-0.15, -0.1) is 0 Å². The van der Waals surface area contributed by atoms with Crippen LogP contribution in [0.2, 0.25) is 0 Å². The van der Waals surface area contributed by atoms with E-state index in [-0.39, 0.29) is 5.54 Å². The molecule has 0 saturated heterocycles. The number of hydrogen-bond donors (Lipinski definition) is 1. The number of nitrogens with zero attached hydrogens (tertiary/aromatic N) is 1. The Morgan fingerprint density at radius 2 is 2.13 bits per heavy atom. The molecular formula is C20H21NO2. The Balaban J connectivity index is 1.81. The number of carbonyl (C=O) groups is 1. The van der Waals surface area contributed by atoms with Crippen molar-refractivity contribution in [2.24, 2.45) is 4.99 Å². The van der Waals surface area contributed by atoms with Gasteiger partial charge in [-0.1, -0.05) is 29.4 Å². The molecule has 0 spiro atoms. The van der Waals surface area contributed by atoms with Crippen LogP contribution in [0.4, 0.5) is 0 Å². The van der Waals surface area contributed by atoms with E-state index in [1.165, 1.54) is 28.0 Å². The second-order valence-corrected chi connectivity index (χ2v) is 7.57. The summed E-state index contributed by atoms with van der Waals surface area (Å²) in [6, 6.07) is 5.66. The van der Waals surface area contributed by atoms with Crippen LogP contribution >= 0.6 is 0 Å². The molecule has 1 N–H and O–H groups in total. The summed E-state index contributed by atoms with van der Waals surface area (Å²) in [5.41, 5.74) is 7.85. The number of fused-ring (bicyclic) bond motifs is 4. The van der Waals surface area contributed by atoms with Gasteiger partial charge in [0.25, 0.3) is 0 Å². The van der Waals surface area contributed by atoms with Gasteiger partial charge in [0.05, 0.1) is 11.1 Å². The van der Waals surface area contributed by atoms with E-state index in [0.717, 1.165) is 24.8 Å². The van der Waals surface area contributed by atoms with Gasteiger partial charge in [0.15, 0.2) is 0 Å². The molecule has 1 aliphatic heterocycles. The lowest BCUT2D eigenvalue weighted by Gasteiger charge is -2.35. The summed E-state index contributed by atoms with van der Waals surface area (Å²) in [5, 5.41) is 9.44. The topological polar surface area (TPSA) is 49.7 Å². The second kappa shape index (κ2) is 4.67. The molecule has 1 atom stereocenters. The van der Waals surface area contributed by atoms with Crippen LogP contribution < -0.4 is 0 Å². The Morgan fingerprint density at radius 3 is 2.87 bits per heavy atom. The van der Waals surface area contributed by atoms with Crippen molar-refractivity contribution in [1.29, 1.82) is 0 Å². The van der Waals surface area contributed by atoms with E-state index in [2.05, 4.69) is 32.9 Å². The normalized spacial score (nSPS) is 24.4. The number of allylic oxidation sites excluding steroid dienone is 2. The molecule has 3 heteroatoms. The number of carboxylic acid groups (broad SMARTS) is 1. The third-order valence-corrected chi connectivity index (χ3v) is 5.30. The van der Waals surface area contributed by atoms with Crippen molar-refractivity contribution in [3.63, 3.8) is 0 Å². The van der Waals surface area contributed by atoms with E-state index in [1.807, 2.05) is 6.07 Å². The van der Waals surface area contributed by atoms with Crippen LogP contribution in [0.3, 0.4) is 0 Å². The molecule has 1 aromatic carbocycles. The van der Waals surface area contributed by atoms with E-state index < -0.39 is 5.97 Å². The molecule has 0 amide bonds. The summed E-state index contributed by atoms with van der Waals surface area (Å²) in [6.07, 6.45) is 4.93. The predicted molar refractivity (Wildman–Crippen MR) is 92.2 cm³/mol. The van der Waals surface area contributed by atoms with Crippen LogP contribution in [0.5, 0.6) is 0 Å². The number of aliphatic imine (C=N–C) groups is 1. The van der Waals surface area contributed by atoms with Crippen LogP contribution in [0, 0.1) is 0 Å². The first-order chi connectivity index (χ1) is 10.9. The van der Waals surface area contributed by atoms with E-state index in [0.29, 0.717) is 11.5 Å². The third kappa shape index (κ3) is 2.18. The van der Waals surface area contributed by atoms with Gasteiger partial charge in [0.1, 0.15) is 0 Å². The quantitative estimate of drug-likeness (QED) is 0.824. The van der Waals surface area contributed by atoms with Gasteiger partial charge < -0.3 is 5.11 Å². The van der Waals surface area contributed by atoms with Crippen molar-refractivity contribution >= 4 is 17.8 Å². The maximum Gasteiger partial charge on any atom is 0.336 e. The fraction of sp³-hybridized carbons (Fsp3) is 0.400. The molecule has 1 fully saturated rings. The maximum absolute atomic E-state index is 11.5. The van der Waals surface area contributed by atoms with Gasteiger partial charge in [-0.3, -0.25) is 4.99 Å². The summed E-state index contributed by atoms with van der Waals surface area (Å²) in [6.45, 7) is 6.60. The average Bonchev–Trinajstić information content (AvgIpc) is 2.81. The highest BCUT2D eigenvalue weighted by atomic mass is 16.4. The zero-order valence-corrected chi connectivity index (χ0v) is 13.8. The number of carboxylic acids is 1. The van der Waals surface area contributed by atoms with Crippen LogP contribution in [-0.2, 0) is 0 Å². The third-order valence-electron chi connectivity index (χ3n) is 5.30. The van der Waals surface area contributed by atoms with Crippen molar-refractivity contribution in [3.05, 3.63) is 51.6 Å². The predicted octanol–water partition coefficient (Wildman–Crippen LogP) is 4.60. The second-order valence-electron chi connectivity index (χ2n) is 7.57. The first-order valence-corrected chi connectivity index (χ1v) is 8.20. The van der Waals surface area contributed by atoms with Crippen molar-refractivity contribution < 1.29 is 9.90 Å². The fourth-order valence-electron chi connectivity index (χ4n) is 4.45. The average molecular weight is 307 g/mol. The van der Waals surface area contributed by atoms with E-state index in [9.17, 15) is 9.90 Å². The summed E-state index contributed by atoms with van der Waals surface area (Å²) < 4.78 is 0. The molecule has 1 unspecified atom stereocenters. The molecule has 118 valence electrons. The van der Waals surface area contributed by atoms with Crippen LogP contribution in [0.15, 0.2) is 39.9 Å². The Bertz CT molecular complexity index is 824. The molecule has 3 nitrogen and oxygen atoms in total. The lowest BCUT2D eigenvalue weighted by molar-refractivity contribution is 0.0696. The minimum absolute atomic E-state index is 0.0198. The summed E-state index contributed by atoms with van der Waals surface area (Å²) >= 11 is 0. The molecule has 0 bridgehead atoms. The lowest BCUT2D eigenvalue weighted by Crippen LogP contribution is -2.29. The smallest absolute Gasteiger partial charge is 0.336 e. The summed E-state index contributed by atoms with van der Waals surface area (Å²) in [4.78, 5) is 16.5. The SMILES string of the molecule is CC1=C2CC3C(=Cc4c(C(=O)O)cccc43)CC2=NC(C)(C)C1. The van der Waals surface area contributed by atoms with Gasteiger partial charge >= 0.3 is 5.97 Å². The van der Waals surface area contributed by atoms with E-state index >= 15 is 0 Å². The Hall–Kier alpha value is -2.16. The van der Waals surface area contributed by atoms with Crippen LogP contribution in [-0.4, -0.2) is 22.3 Å². The number of dihydropyridines is 1. The van der Waals surface area contributed by atoms with Gasteiger partial charge in [-0.05, 0) is 56.4 Å². The van der Waals surface area contributed by atoms with Crippen molar-refractivity contribution in [3.8, 4) is 0 Å². The van der Waals surface area contributed by atoms with E-state index in [4.69, 9.17) is 4.99 Å². The first kappa shape index (κ1) is 14.4. The van der Waals surface area contributed by atoms with Gasteiger partial charge in [0.2, 0.25) is 0 Å². The Morgan fingerprint density at radius 1 is 1.35 bits per heavy atom. The number of hydrogen-bond acceptors (Lipinski definition) is 2. The lowest BCUT2D eigenvalue weighted by atomic mass is 9.74. The highest BCUT2D eigenvalue weighted by Crippen LogP contribution is 2.49. The largest absolute Gasteiger partial charge is 0.478 e. The Kier molecular flexibility index (Phi) is 2.93. The van der Waals surface area contributed by atoms with Crippen LogP contribution in [0.1, 0.15) is 67.4 Å². The van der Waals surface area contributed by atoms with Gasteiger partial charge in [0, 0.05) is 18.1 Å². The monoisotopic (exact) mass is 307 g/mol. The van der Waals surface area contributed by atoms with Crippen molar-refractivity contribution in [2.45, 2.75) is 51.5 Å². The molecule has 23 heavy (non-hydrogen) atoms. The number of benzene rings is 1. The van der Waals surface area contributed by atoms with Gasteiger partial charge in [-0.25, -0.2) is 4.79 Å². The van der Waals surface area contributed by atoms with E-state index in [1.54, 1.807) is 6.07 Å². The zero-order chi connectivity index (χ0) is 16.4. The molecule has 3 aliphatic rings. The van der Waals surface area contributed by atoms with Crippen molar-refractivity contribution in [2.75, 3.05) is 0 Å². The molecule has 1 heterocycles. The molecule has 0 aromatic heterocycles. The minimum atomic E-state index is -0.844. The Labute approximate surface area is 136 Å². The molecule has 2 aliphatic carbocycles. The summed E-state index contributed by atoms with van der Waals surface area (Å²) in [5.74, 6) is -0.516. The number of aromatic carboxylic acids is 1. The fourth-order valence-corrected chi connectivity index (χ4v) is 4.45.